The van der Waals surface area contributed by atoms with Crippen molar-refractivity contribution in [2.24, 2.45) is 5.11 Å². The number of benzene rings is 1. The van der Waals surface area contributed by atoms with Crippen molar-refractivity contribution in [3.8, 4) is 0 Å². The monoisotopic (exact) mass is 230 g/mol. The molecule has 0 saturated carbocycles. The van der Waals surface area contributed by atoms with E-state index in [9.17, 15) is 4.79 Å². The Labute approximate surface area is 99.8 Å². The van der Waals surface area contributed by atoms with Crippen molar-refractivity contribution in [3.05, 3.63) is 52.4 Å². The molecule has 0 unspecified atom stereocenters. The molecule has 5 nitrogen and oxygen atoms in total. The second-order valence-corrected chi connectivity index (χ2v) is 3.32. The van der Waals surface area contributed by atoms with Gasteiger partial charge in [-0.3, -0.25) is 4.79 Å². The van der Waals surface area contributed by atoms with E-state index < -0.39 is 0 Å². The van der Waals surface area contributed by atoms with Gasteiger partial charge in [0.1, 0.15) is 0 Å². The summed E-state index contributed by atoms with van der Waals surface area (Å²) in [5.74, 6) is -0.0784. The van der Waals surface area contributed by atoms with Crippen LogP contribution in [0.2, 0.25) is 0 Å². The molecular formula is C12H14N4O. The third-order valence-electron chi connectivity index (χ3n) is 2.01. The van der Waals surface area contributed by atoms with Crippen LogP contribution in [0, 0.1) is 0 Å². The predicted octanol–water partition coefficient (Wildman–Crippen LogP) is 2.52. The first-order valence-electron chi connectivity index (χ1n) is 5.32. The van der Waals surface area contributed by atoms with Crippen LogP contribution in [0.1, 0.15) is 12.0 Å². The summed E-state index contributed by atoms with van der Waals surface area (Å²) in [6, 6.07) is 9.77. The summed E-state index contributed by atoms with van der Waals surface area (Å²) < 4.78 is 0. The Balaban J connectivity index is 2.24. The maximum absolute atomic E-state index is 11.3. The van der Waals surface area contributed by atoms with Crippen LogP contribution in [-0.4, -0.2) is 19.0 Å². The van der Waals surface area contributed by atoms with Gasteiger partial charge in [-0.2, -0.15) is 0 Å². The molecule has 17 heavy (non-hydrogen) atoms. The Morgan fingerprint density at radius 2 is 2.18 bits per heavy atom. The number of carbonyl (C=O) groups excluding carboxylic acids is 1. The number of rotatable bonds is 6. The highest BCUT2D eigenvalue weighted by Crippen LogP contribution is 2.01. The van der Waals surface area contributed by atoms with Crippen molar-refractivity contribution in [2.45, 2.75) is 6.42 Å². The highest BCUT2D eigenvalue weighted by Gasteiger charge is 1.95. The van der Waals surface area contributed by atoms with E-state index in [1.165, 1.54) is 0 Å². The molecule has 1 aromatic carbocycles. The van der Waals surface area contributed by atoms with Crippen molar-refractivity contribution in [3.63, 3.8) is 0 Å². The molecule has 0 spiro atoms. The minimum absolute atomic E-state index is 0.0784. The highest BCUT2D eigenvalue weighted by molar-refractivity contribution is 5.78. The molecule has 0 aliphatic carbocycles. The van der Waals surface area contributed by atoms with Gasteiger partial charge in [0.15, 0.2) is 0 Å². The summed E-state index contributed by atoms with van der Waals surface area (Å²) in [6.45, 7) is 0.659. The van der Waals surface area contributed by atoms with E-state index in [2.05, 4.69) is 15.3 Å². The second-order valence-electron chi connectivity index (χ2n) is 3.32. The van der Waals surface area contributed by atoms with Crippen LogP contribution in [0.25, 0.3) is 16.5 Å². The summed E-state index contributed by atoms with van der Waals surface area (Å²) >= 11 is 0. The molecule has 0 radical (unpaired) electrons. The molecule has 0 saturated heterocycles. The van der Waals surface area contributed by atoms with Crippen molar-refractivity contribution in [1.82, 2.24) is 5.32 Å². The molecule has 0 aliphatic rings. The second kappa shape index (κ2) is 7.96. The number of carbonyl (C=O) groups is 1. The van der Waals surface area contributed by atoms with Gasteiger partial charge in [-0.25, -0.2) is 0 Å². The summed E-state index contributed by atoms with van der Waals surface area (Å²) in [5.41, 5.74) is 9.10. The lowest BCUT2D eigenvalue weighted by molar-refractivity contribution is -0.120. The quantitative estimate of drug-likeness (QED) is 0.346. The summed E-state index contributed by atoms with van der Waals surface area (Å²) in [5, 5.41) is 5.97. The number of amides is 1. The standard InChI is InChI=1S/C12H14N4O/c13-16-15-10-9-14-12(17)8-4-7-11-5-2-1-3-6-11/h1-7H,8-10H2,(H,14,17). The fraction of sp³-hybridized carbons (Fsp3) is 0.250. The zero-order valence-corrected chi connectivity index (χ0v) is 9.41. The smallest absolute Gasteiger partial charge is 0.223 e. The van der Waals surface area contributed by atoms with Gasteiger partial charge < -0.3 is 5.32 Å². The molecular weight excluding hydrogens is 216 g/mol. The third-order valence-corrected chi connectivity index (χ3v) is 2.01. The Bertz CT molecular complexity index is 421. The Kier molecular flexibility index (Phi) is 6.00. The van der Waals surface area contributed by atoms with Crippen LogP contribution in [-0.2, 0) is 4.79 Å². The lowest BCUT2D eigenvalue weighted by Crippen LogP contribution is -2.24. The fourth-order valence-electron chi connectivity index (χ4n) is 1.23. The zero-order chi connectivity index (χ0) is 12.3. The van der Waals surface area contributed by atoms with Crippen LogP contribution < -0.4 is 5.32 Å². The Morgan fingerprint density at radius 3 is 2.88 bits per heavy atom. The van der Waals surface area contributed by atoms with Gasteiger partial charge in [-0.05, 0) is 11.1 Å². The largest absolute Gasteiger partial charge is 0.356 e. The van der Waals surface area contributed by atoms with Crippen LogP contribution in [0.5, 0.6) is 0 Å². The van der Waals surface area contributed by atoms with Gasteiger partial charge in [0, 0.05) is 24.4 Å². The topological polar surface area (TPSA) is 77.9 Å². The molecule has 0 fully saturated rings. The minimum atomic E-state index is -0.0784. The first kappa shape index (κ1) is 12.8. The van der Waals surface area contributed by atoms with E-state index in [4.69, 9.17) is 5.53 Å². The van der Waals surface area contributed by atoms with E-state index in [-0.39, 0.29) is 12.5 Å². The van der Waals surface area contributed by atoms with Gasteiger partial charge >= 0.3 is 0 Å². The molecule has 1 aromatic rings. The van der Waals surface area contributed by atoms with Gasteiger partial charge in [-0.1, -0.05) is 47.6 Å². The van der Waals surface area contributed by atoms with Crippen molar-refractivity contribution >= 4 is 12.0 Å². The molecule has 1 amide bonds. The van der Waals surface area contributed by atoms with Gasteiger partial charge in [0.2, 0.25) is 5.91 Å². The molecule has 5 heteroatoms. The van der Waals surface area contributed by atoms with Gasteiger partial charge in [0.25, 0.3) is 0 Å². The third kappa shape index (κ3) is 6.02. The first-order chi connectivity index (χ1) is 8.33. The number of hydrogen-bond acceptors (Lipinski definition) is 2. The fourth-order valence-corrected chi connectivity index (χ4v) is 1.23. The predicted molar refractivity (Wildman–Crippen MR) is 67.1 cm³/mol. The molecule has 1 rings (SSSR count). The van der Waals surface area contributed by atoms with Crippen LogP contribution >= 0.6 is 0 Å². The zero-order valence-electron chi connectivity index (χ0n) is 9.41. The number of nitrogens with zero attached hydrogens (tertiary/aromatic N) is 3. The first-order valence-corrected chi connectivity index (χ1v) is 5.32. The lowest BCUT2D eigenvalue weighted by atomic mass is 10.2. The molecule has 0 aromatic heterocycles. The van der Waals surface area contributed by atoms with E-state index in [0.717, 1.165) is 5.56 Å². The van der Waals surface area contributed by atoms with Crippen LogP contribution in [0.3, 0.4) is 0 Å². The van der Waals surface area contributed by atoms with Crippen molar-refractivity contribution in [2.75, 3.05) is 13.1 Å². The summed E-state index contributed by atoms with van der Waals surface area (Å²) in [7, 11) is 0. The van der Waals surface area contributed by atoms with E-state index >= 15 is 0 Å². The van der Waals surface area contributed by atoms with E-state index in [1.807, 2.05) is 36.4 Å². The number of hydrogen-bond donors (Lipinski definition) is 1. The van der Waals surface area contributed by atoms with Crippen molar-refractivity contribution < 1.29 is 4.79 Å². The van der Waals surface area contributed by atoms with E-state index in [0.29, 0.717) is 13.0 Å². The molecule has 88 valence electrons. The number of azide groups is 1. The average Bonchev–Trinajstić information content (AvgIpc) is 2.36. The maximum atomic E-state index is 11.3. The molecule has 0 atom stereocenters. The van der Waals surface area contributed by atoms with Gasteiger partial charge in [0.05, 0.1) is 0 Å². The van der Waals surface area contributed by atoms with Crippen LogP contribution in [0.15, 0.2) is 41.5 Å². The highest BCUT2D eigenvalue weighted by atomic mass is 16.1. The van der Waals surface area contributed by atoms with Gasteiger partial charge in [-0.15, -0.1) is 0 Å². The molecule has 0 bridgehead atoms. The minimum Gasteiger partial charge on any atom is -0.356 e. The average molecular weight is 230 g/mol. The van der Waals surface area contributed by atoms with E-state index in [1.54, 1.807) is 6.08 Å². The Morgan fingerprint density at radius 1 is 1.41 bits per heavy atom. The SMILES string of the molecule is [N-]=[N+]=NCCNC(=O)CC=Cc1ccccc1. The Hall–Kier alpha value is -2.26. The van der Waals surface area contributed by atoms with Crippen molar-refractivity contribution in [1.29, 1.82) is 0 Å². The molecule has 0 heterocycles. The lowest BCUT2D eigenvalue weighted by Gasteiger charge is -1.99. The normalized spacial score (nSPS) is 9.88. The molecule has 0 aliphatic heterocycles. The maximum Gasteiger partial charge on any atom is 0.223 e. The molecule has 1 N–H and O–H groups in total. The number of nitrogens with one attached hydrogen (secondary N) is 1. The summed E-state index contributed by atoms with van der Waals surface area (Å²) in [6.07, 6.45) is 4.02. The van der Waals surface area contributed by atoms with Crippen LogP contribution in [0.4, 0.5) is 0 Å². The summed E-state index contributed by atoms with van der Waals surface area (Å²) in [4.78, 5) is 13.9.